The molecule has 1 aromatic carbocycles. The fourth-order valence-electron chi connectivity index (χ4n) is 1.45. The van der Waals surface area contributed by atoms with Crippen LogP contribution in [0.25, 0.3) is 0 Å². The van der Waals surface area contributed by atoms with Gasteiger partial charge in [0.1, 0.15) is 11.6 Å². The van der Waals surface area contributed by atoms with Crippen molar-refractivity contribution < 1.29 is 4.74 Å². The van der Waals surface area contributed by atoms with Crippen molar-refractivity contribution in [2.75, 3.05) is 17.7 Å². The van der Waals surface area contributed by atoms with E-state index in [1.165, 1.54) is 0 Å². The molecule has 0 aliphatic rings. The number of aromatic nitrogens is 1. The fraction of sp³-hybridized carbons (Fsp3) is 0.154. The van der Waals surface area contributed by atoms with Crippen molar-refractivity contribution in [3.63, 3.8) is 0 Å². The van der Waals surface area contributed by atoms with Crippen molar-refractivity contribution in [2.45, 2.75) is 6.92 Å². The van der Waals surface area contributed by atoms with E-state index in [0.717, 1.165) is 17.1 Å². The molecule has 2 rings (SSSR count). The zero-order valence-corrected chi connectivity index (χ0v) is 9.68. The van der Waals surface area contributed by atoms with E-state index in [0.29, 0.717) is 12.4 Å². The number of pyridine rings is 1. The summed E-state index contributed by atoms with van der Waals surface area (Å²) in [6.07, 6.45) is 1.70. The molecule has 1 heterocycles. The number of nitrogen functional groups attached to an aromatic ring is 1. The fourth-order valence-corrected chi connectivity index (χ4v) is 1.45. The lowest BCUT2D eigenvalue weighted by molar-refractivity contribution is 0.340. The van der Waals surface area contributed by atoms with E-state index in [2.05, 4.69) is 10.3 Å². The highest BCUT2D eigenvalue weighted by Crippen LogP contribution is 2.19. The smallest absolute Gasteiger partial charge is 0.123 e. The first-order chi connectivity index (χ1) is 8.28. The van der Waals surface area contributed by atoms with Gasteiger partial charge in [-0.1, -0.05) is 0 Å². The van der Waals surface area contributed by atoms with E-state index in [9.17, 15) is 0 Å². The summed E-state index contributed by atoms with van der Waals surface area (Å²) < 4.78 is 5.37. The molecule has 0 spiro atoms. The Morgan fingerprint density at radius 1 is 1.12 bits per heavy atom. The number of benzene rings is 1. The van der Waals surface area contributed by atoms with Crippen LogP contribution in [0.3, 0.4) is 0 Å². The lowest BCUT2D eigenvalue weighted by Gasteiger charge is -2.07. The van der Waals surface area contributed by atoms with Crippen LogP contribution >= 0.6 is 0 Å². The maximum atomic E-state index is 5.52. The lowest BCUT2D eigenvalue weighted by Crippen LogP contribution is -1.94. The molecule has 88 valence electrons. The Kier molecular flexibility index (Phi) is 3.45. The Labute approximate surface area is 100 Å². The van der Waals surface area contributed by atoms with Crippen molar-refractivity contribution in [3.8, 4) is 5.75 Å². The van der Waals surface area contributed by atoms with E-state index < -0.39 is 0 Å². The average Bonchev–Trinajstić information content (AvgIpc) is 2.35. The lowest BCUT2D eigenvalue weighted by atomic mass is 10.3. The standard InChI is InChI=1S/C13H15N3O/c1-2-17-12-6-3-10(4-7-12)16-11-5-8-13(14)15-9-11/h3-9,16H,2H2,1H3,(H2,14,15). The second kappa shape index (κ2) is 5.21. The van der Waals surface area contributed by atoms with Gasteiger partial charge in [-0.05, 0) is 43.3 Å². The van der Waals surface area contributed by atoms with E-state index in [1.54, 1.807) is 12.3 Å². The molecule has 0 atom stereocenters. The quantitative estimate of drug-likeness (QED) is 0.846. The number of nitrogens with zero attached hydrogens (tertiary/aromatic N) is 1. The number of ether oxygens (including phenoxy) is 1. The van der Waals surface area contributed by atoms with E-state index in [1.807, 2.05) is 37.3 Å². The topological polar surface area (TPSA) is 60.2 Å². The van der Waals surface area contributed by atoms with Gasteiger partial charge >= 0.3 is 0 Å². The van der Waals surface area contributed by atoms with Crippen LogP contribution in [0.4, 0.5) is 17.2 Å². The van der Waals surface area contributed by atoms with Gasteiger partial charge in [0.15, 0.2) is 0 Å². The van der Waals surface area contributed by atoms with E-state index in [-0.39, 0.29) is 0 Å². The number of anilines is 3. The van der Waals surface area contributed by atoms with Crippen LogP contribution in [0, 0.1) is 0 Å². The highest BCUT2D eigenvalue weighted by molar-refractivity contribution is 5.60. The Hall–Kier alpha value is -2.23. The first kappa shape index (κ1) is 11.3. The Balaban J connectivity index is 2.05. The van der Waals surface area contributed by atoms with Crippen LogP contribution in [0.15, 0.2) is 42.6 Å². The molecule has 0 aliphatic carbocycles. The van der Waals surface area contributed by atoms with Crippen LogP contribution in [-0.2, 0) is 0 Å². The second-order valence-electron chi connectivity index (χ2n) is 3.55. The van der Waals surface area contributed by atoms with Gasteiger partial charge in [-0.15, -0.1) is 0 Å². The first-order valence-corrected chi connectivity index (χ1v) is 5.49. The highest BCUT2D eigenvalue weighted by atomic mass is 16.5. The summed E-state index contributed by atoms with van der Waals surface area (Å²) in [5, 5.41) is 3.23. The molecule has 17 heavy (non-hydrogen) atoms. The summed E-state index contributed by atoms with van der Waals surface area (Å²) in [4.78, 5) is 4.01. The first-order valence-electron chi connectivity index (χ1n) is 5.49. The summed E-state index contributed by atoms with van der Waals surface area (Å²) in [5.41, 5.74) is 7.41. The van der Waals surface area contributed by atoms with Crippen molar-refractivity contribution in [3.05, 3.63) is 42.6 Å². The minimum Gasteiger partial charge on any atom is -0.494 e. The molecular formula is C13H15N3O. The predicted octanol–water partition coefficient (Wildman–Crippen LogP) is 2.81. The monoisotopic (exact) mass is 229 g/mol. The molecule has 0 aliphatic heterocycles. The van der Waals surface area contributed by atoms with Crippen molar-refractivity contribution in [1.29, 1.82) is 0 Å². The summed E-state index contributed by atoms with van der Waals surface area (Å²) in [7, 11) is 0. The SMILES string of the molecule is CCOc1ccc(Nc2ccc(N)nc2)cc1. The molecule has 1 aromatic heterocycles. The zero-order chi connectivity index (χ0) is 12.1. The van der Waals surface area contributed by atoms with Crippen LogP contribution in [-0.4, -0.2) is 11.6 Å². The second-order valence-corrected chi connectivity index (χ2v) is 3.55. The predicted molar refractivity (Wildman–Crippen MR) is 69.5 cm³/mol. The molecule has 4 heteroatoms. The van der Waals surface area contributed by atoms with Gasteiger partial charge in [0.25, 0.3) is 0 Å². The number of nitrogens with two attached hydrogens (primary N) is 1. The molecule has 0 saturated carbocycles. The third-order valence-corrected chi connectivity index (χ3v) is 2.24. The van der Waals surface area contributed by atoms with Crippen LogP contribution in [0.1, 0.15) is 6.92 Å². The highest BCUT2D eigenvalue weighted by Gasteiger charge is 1.96. The molecular weight excluding hydrogens is 214 g/mol. The minimum absolute atomic E-state index is 0.516. The van der Waals surface area contributed by atoms with Gasteiger partial charge < -0.3 is 15.8 Å². The summed E-state index contributed by atoms with van der Waals surface area (Å²) in [6.45, 7) is 2.64. The molecule has 0 saturated heterocycles. The summed E-state index contributed by atoms with van der Waals surface area (Å²) >= 11 is 0. The summed E-state index contributed by atoms with van der Waals surface area (Å²) in [5.74, 6) is 1.38. The number of rotatable bonds is 4. The average molecular weight is 229 g/mol. The summed E-state index contributed by atoms with van der Waals surface area (Å²) in [6, 6.07) is 11.4. The third-order valence-electron chi connectivity index (χ3n) is 2.24. The van der Waals surface area contributed by atoms with Gasteiger partial charge in [0.2, 0.25) is 0 Å². The van der Waals surface area contributed by atoms with Gasteiger partial charge in [-0.25, -0.2) is 4.98 Å². The Morgan fingerprint density at radius 3 is 2.41 bits per heavy atom. The number of nitrogens with one attached hydrogen (secondary N) is 1. The molecule has 4 nitrogen and oxygen atoms in total. The van der Waals surface area contributed by atoms with Crippen LogP contribution in [0.2, 0.25) is 0 Å². The van der Waals surface area contributed by atoms with Crippen molar-refractivity contribution >= 4 is 17.2 Å². The van der Waals surface area contributed by atoms with E-state index >= 15 is 0 Å². The maximum absolute atomic E-state index is 5.52. The molecule has 2 aromatic rings. The largest absolute Gasteiger partial charge is 0.494 e. The van der Waals surface area contributed by atoms with Crippen LogP contribution in [0.5, 0.6) is 5.75 Å². The van der Waals surface area contributed by atoms with Gasteiger partial charge in [0, 0.05) is 5.69 Å². The molecule has 0 unspecified atom stereocenters. The third kappa shape index (κ3) is 3.11. The number of hydrogen-bond acceptors (Lipinski definition) is 4. The van der Waals surface area contributed by atoms with Gasteiger partial charge in [0.05, 0.1) is 18.5 Å². The normalized spacial score (nSPS) is 9.94. The molecule has 0 radical (unpaired) electrons. The zero-order valence-electron chi connectivity index (χ0n) is 9.68. The minimum atomic E-state index is 0.516. The van der Waals surface area contributed by atoms with Gasteiger partial charge in [-0.2, -0.15) is 0 Å². The Morgan fingerprint density at radius 2 is 1.82 bits per heavy atom. The van der Waals surface area contributed by atoms with Crippen LogP contribution < -0.4 is 15.8 Å². The molecule has 0 fully saturated rings. The Bertz CT molecular complexity index is 465. The van der Waals surface area contributed by atoms with E-state index in [4.69, 9.17) is 10.5 Å². The van der Waals surface area contributed by atoms with Crippen molar-refractivity contribution in [1.82, 2.24) is 4.98 Å². The van der Waals surface area contributed by atoms with Gasteiger partial charge in [-0.3, -0.25) is 0 Å². The van der Waals surface area contributed by atoms with Crippen molar-refractivity contribution in [2.24, 2.45) is 0 Å². The molecule has 3 N–H and O–H groups in total. The number of hydrogen-bond donors (Lipinski definition) is 2. The molecule has 0 amide bonds. The maximum Gasteiger partial charge on any atom is 0.123 e. The molecule has 0 bridgehead atoms.